The number of rotatable bonds is 3. The predicted octanol–water partition coefficient (Wildman–Crippen LogP) is 3.16. The molecule has 5 heteroatoms. The Labute approximate surface area is 134 Å². The largest absolute Gasteiger partial charge is 0.325 e. The highest BCUT2D eigenvalue weighted by Gasteiger charge is 2.09. The first-order valence-corrected chi connectivity index (χ1v) is 7.29. The van der Waals surface area contributed by atoms with Crippen molar-refractivity contribution >= 4 is 22.6 Å². The highest BCUT2D eigenvalue weighted by atomic mass is 16.1. The molecule has 1 amide bonds. The molecule has 1 N–H and O–H groups in total. The average molecular weight is 304 g/mol. The lowest BCUT2D eigenvalue weighted by Crippen LogP contribution is -2.18. The van der Waals surface area contributed by atoms with E-state index in [4.69, 9.17) is 5.26 Å². The number of nitrogens with one attached hydrogen (secondary N) is 1. The van der Waals surface area contributed by atoms with Gasteiger partial charge in [-0.2, -0.15) is 5.26 Å². The summed E-state index contributed by atoms with van der Waals surface area (Å²) >= 11 is 0. The minimum atomic E-state index is -0.132. The molecule has 3 rings (SSSR count). The Balaban J connectivity index is 1.77. The number of hydrogen-bond donors (Lipinski definition) is 1. The minimum absolute atomic E-state index is 0.132. The van der Waals surface area contributed by atoms with Crippen molar-refractivity contribution in [2.45, 2.75) is 20.4 Å². The van der Waals surface area contributed by atoms with Crippen LogP contribution in [0, 0.1) is 25.2 Å². The van der Waals surface area contributed by atoms with Crippen molar-refractivity contribution in [1.82, 2.24) is 9.55 Å². The van der Waals surface area contributed by atoms with Gasteiger partial charge < -0.3 is 9.88 Å². The Morgan fingerprint density at radius 2 is 1.91 bits per heavy atom. The summed E-state index contributed by atoms with van der Waals surface area (Å²) < 4.78 is 1.83. The zero-order chi connectivity index (χ0) is 16.4. The van der Waals surface area contributed by atoms with Crippen LogP contribution < -0.4 is 5.32 Å². The van der Waals surface area contributed by atoms with E-state index >= 15 is 0 Å². The number of fused-ring (bicyclic) bond motifs is 1. The second-order valence-electron chi connectivity index (χ2n) is 5.53. The number of nitrogens with zero attached hydrogens (tertiary/aromatic N) is 3. The van der Waals surface area contributed by atoms with Crippen molar-refractivity contribution in [3.8, 4) is 6.07 Å². The summed E-state index contributed by atoms with van der Waals surface area (Å²) in [6, 6.07) is 12.9. The van der Waals surface area contributed by atoms with Crippen LogP contribution in [-0.4, -0.2) is 15.5 Å². The van der Waals surface area contributed by atoms with Gasteiger partial charge in [-0.05, 0) is 61.4 Å². The third kappa shape index (κ3) is 3.06. The summed E-state index contributed by atoms with van der Waals surface area (Å²) in [6.07, 6.45) is 1.68. The topological polar surface area (TPSA) is 70.7 Å². The van der Waals surface area contributed by atoms with Crippen molar-refractivity contribution in [3.63, 3.8) is 0 Å². The van der Waals surface area contributed by atoms with Gasteiger partial charge in [0.25, 0.3) is 0 Å². The first-order valence-electron chi connectivity index (χ1n) is 7.29. The van der Waals surface area contributed by atoms with E-state index < -0.39 is 0 Å². The standard InChI is InChI=1S/C18H16N4O/c1-12-7-16-17(8-13(12)2)22(11-20-16)10-18(23)21-15-5-3-14(9-19)4-6-15/h3-8,11H,10H2,1-2H3,(H,21,23). The van der Waals surface area contributed by atoms with Crippen LogP contribution in [-0.2, 0) is 11.3 Å². The molecule has 23 heavy (non-hydrogen) atoms. The fourth-order valence-corrected chi connectivity index (χ4v) is 2.42. The molecule has 0 fully saturated rings. The van der Waals surface area contributed by atoms with Crippen LogP contribution in [0.4, 0.5) is 5.69 Å². The van der Waals surface area contributed by atoms with Gasteiger partial charge >= 0.3 is 0 Å². The van der Waals surface area contributed by atoms with E-state index in [9.17, 15) is 4.79 Å². The summed E-state index contributed by atoms with van der Waals surface area (Å²) in [6.45, 7) is 4.29. The van der Waals surface area contributed by atoms with E-state index in [1.54, 1.807) is 30.6 Å². The minimum Gasteiger partial charge on any atom is -0.325 e. The molecule has 1 heterocycles. The number of carbonyl (C=O) groups excluding carboxylic acids is 1. The van der Waals surface area contributed by atoms with Crippen LogP contribution >= 0.6 is 0 Å². The molecule has 0 radical (unpaired) electrons. The zero-order valence-corrected chi connectivity index (χ0v) is 13.0. The van der Waals surface area contributed by atoms with E-state index in [1.165, 1.54) is 11.1 Å². The van der Waals surface area contributed by atoms with Crippen molar-refractivity contribution in [2.75, 3.05) is 5.32 Å². The first-order chi connectivity index (χ1) is 11.1. The Morgan fingerprint density at radius 3 is 2.61 bits per heavy atom. The number of amides is 1. The predicted molar refractivity (Wildman–Crippen MR) is 89.0 cm³/mol. The number of aromatic nitrogens is 2. The fraction of sp³-hybridized carbons (Fsp3) is 0.167. The number of hydrogen-bond acceptors (Lipinski definition) is 3. The molecule has 3 aromatic rings. The van der Waals surface area contributed by atoms with Gasteiger partial charge in [0.05, 0.1) is 29.0 Å². The highest BCUT2D eigenvalue weighted by Crippen LogP contribution is 2.18. The number of aryl methyl sites for hydroxylation is 2. The van der Waals surface area contributed by atoms with E-state index in [1.807, 2.05) is 36.6 Å². The number of carbonyl (C=O) groups is 1. The van der Waals surface area contributed by atoms with E-state index in [-0.39, 0.29) is 12.5 Å². The Kier molecular flexibility index (Phi) is 3.82. The van der Waals surface area contributed by atoms with Crippen LogP contribution in [0.15, 0.2) is 42.7 Å². The van der Waals surface area contributed by atoms with Gasteiger partial charge in [0.1, 0.15) is 6.54 Å². The molecule has 1 aromatic heterocycles. The van der Waals surface area contributed by atoms with E-state index in [2.05, 4.69) is 10.3 Å². The molecule has 0 unspecified atom stereocenters. The lowest BCUT2D eigenvalue weighted by molar-refractivity contribution is -0.116. The van der Waals surface area contributed by atoms with Crippen LogP contribution in [0.3, 0.4) is 0 Å². The number of nitriles is 1. The molecular formula is C18H16N4O. The van der Waals surface area contributed by atoms with Crippen LogP contribution in [0.5, 0.6) is 0 Å². The molecule has 5 nitrogen and oxygen atoms in total. The summed E-state index contributed by atoms with van der Waals surface area (Å²) in [7, 11) is 0. The van der Waals surface area contributed by atoms with Gasteiger partial charge in [0, 0.05) is 5.69 Å². The Morgan fingerprint density at radius 1 is 1.22 bits per heavy atom. The molecule has 0 saturated heterocycles. The van der Waals surface area contributed by atoms with Gasteiger partial charge in [-0.1, -0.05) is 0 Å². The molecule has 0 saturated carbocycles. The Hall–Kier alpha value is -3.13. The maximum atomic E-state index is 12.2. The smallest absolute Gasteiger partial charge is 0.244 e. The van der Waals surface area contributed by atoms with Crippen molar-refractivity contribution in [3.05, 3.63) is 59.4 Å². The van der Waals surface area contributed by atoms with Gasteiger partial charge in [0.2, 0.25) is 5.91 Å². The lowest BCUT2D eigenvalue weighted by Gasteiger charge is -2.08. The molecule has 0 bridgehead atoms. The lowest BCUT2D eigenvalue weighted by atomic mass is 10.1. The highest BCUT2D eigenvalue weighted by molar-refractivity contribution is 5.91. The van der Waals surface area contributed by atoms with Gasteiger partial charge in [0.15, 0.2) is 0 Å². The molecule has 0 aliphatic heterocycles. The van der Waals surface area contributed by atoms with E-state index in [0.29, 0.717) is 11.3 Å². The second-order valence-corrected chi connectivity index (χ2v) is 5.53. The second kappa shape index (κ2) is 5.93. The third-order valence-corrected chi connectivity index (χ3v) is 3.85. The first kappa shape index (κ1) is 14.8. The number of benzene rings is 2. The normalized spacial score (nSPS) is 10.5. The number of imidazole rings is 1. The molecule has 0 spiro atoms. The van der Waals surface area contributed by atoms with Gasteiger partial charge in [-0.25, -0.2) is 4.98 Å². The SMILES string of the molecule is Cc1cc2ncn(CC(=O)Nc3ccc(C#N)cc3)c2cc1C. The maximum absolute atomic E-state index is 12.2. The van der Waals surface area contributed by atoms with Gasteiger partial charge in [-0.3, -0.25) is 4.79 Å². The maximum Gasteiger partial charge on any atom is 0.244 e. The third-order valence-electron chi connectivity index (χ3n) is 3.85. The molecule has 0 aliphatic rings. The van der Waals surface area contributed by atoms with Crippen molar-refractivity contribution < 1.29 is 4.79 Å². The molecule has 2 aromatic carbocycles. The number of anilines is 1. The average Bonchev–Trinajstić information content (AvgIpc) is 2.90. The molecule has 0 aliphatic carbocycles. The molecule has 114 valence electrons. The summed E-state index contributed by atoms with van der Waals surface area (Å²) in [4.78, 5) is 16.6. The van der Waals surface area contributed by atoms with Crippen molar-refractivity contribution in [2.24, 2.45) is 0 Å². The summed E-state index contributed by atoms with van der Waals surface area (Å²) in [5.74, 6) is -0.132. The monoisotopic (exact) mass is 304 g/mol. The fourth-order valence-electron chi connectivity index (χ4n) is 2.42. The molecular weight excluding hydrogens is 288 g/mol. The van der Waals surface area contributed by atoms with Crippen LogP contribution in [0.1, 0.15) is 16.7 Å². The van der Waals surface area contributed by atoms with Crippen molar-refractivity contribution in [1.29, 1.82) is 5.26 Å². The Bertz CT molecular complexity index is 917. The summed E-state index contributed by atoms with van der Waals surface area (Å²) in [5, 5.41) is 11.6. The van der Waals surface area contributed by atoms with Gasteiger partial charge in [-0.15, -0.1) is 0 Å². The van der Waals surface area contributed by atoms with E-state index in [0.717, 1.165) is 11.0 Å². The quantitative estimate of drug-likeness (QED) is 0.808. The van der Waals surface area contributed by atoms with Crippen LogP contribution in [0.2, 0.25) is 0 Å². The summed E-state index contributed by atoms with van der Waals surface area (Å²) in [5.41, 5.74) is 5.43. The van der Waals surface area contributed by atoms with Crippen LogP contribution in [0.25, 0.3) is 11.0 Å². The molecule has 0 atom stereocenters. The zero-order valence-electron chi connectivity index (χ0n) is 13.0.